The molecule has 1 aromatic heterocycles. The molecule has 0 radical (unpaired) electrons. The molecule has 1 N–H and O–H groups in total. The van der Waals surface area contributed by atoms with Crippen molar-refractivity contribution in [3.8, 4) is 28.6 Å². The predicted octanol–water partition coefficient (Wildman–Crippen LogP) is 5.22. The van der Waals surface area contributed by atoms with Crippen molar-refractivity contribution in [1.82, 2.24) is 0 Å². The normalized spacial score (nSPS) is 10.6. The molecule has 30 heavy (non-hydrogen) atoms. The van der Waals surface area contributed by atoms with Gasteiger partial charge in [0.1, 0.15) is 17.1 Å². The SMILES string of the molecule is COc1c(-c2cccc(Oc3ccccc3)c2)oc2ccc(NC(C)=O)cc2c1=O. The van der Waals surface area contributed by atoms with Gasteiger partial charge in [-0.3, -0.25) is 9.59 Å². The summed E-state index contributed by atoms with van der Waals surface area (Å²) in [5.41, 5.74) is 1.22. The molecule has 4 aromatic rings. The molecule has 150 valence electrons. The monoisotopic (exact) mass is 401 g/mol. The molecular weight excluding hydrogens is 382 g/mol. The zero-order valence-electron chi connectivity index (χ0n) is 16.5. The van der Waals surface area contributed by atoms with Crippen molar-refractivity contribution in [2.24, 2.45) is 0 Å². The average molecular weight is 401 g/mol. The molecule has 0 saturated carbocycles. The molecule has 0 saturated heterocycles. The Balaban J connectivity index is 1.79. The Labute approximate surface area is 172 Å². The van der Waals surface area contributed by atoms with Crippen LogP contribution in [0.25, 0.3) is 22.3 Å². The maximum atomic E-state index is 13.0. The summed E-state index contributed by atoms with van der Waals surface area (Å²) < 4.78 is 17.3. The largest absolute Gasteiger partial charge is 0.490 e. The maximum absolute atomic E-state index is 13.0. The van der Waals surface area contributed by atoms with Gasteiger partial charge in [-0.05, 0) is 42.5 Å². The third kappa shape index (κ3) is 3.89. The number of carbonyl (C=O) groups is 1. The lowest BCUT2D eigenvalue weighted by Gasteiger charge is -2.11. The third-order valence-electron chi connectivity index (χ3n) is 4.45. The number of nitrogens with one attached hydrogen (secondary N) is 1. The van der Waals surface area contributed by atoms with Crippen molar-refractivity contribution >= 4 is 22.6 Å². The first-order valence-electron chi connectivity index (χ1n) is 9.31. The van der Waals surface area contributed by atoms with E-state index >= 15 is 0 Å². The van der Waals surface area contributed by atoms with Crippen LogP contribution in [0, 0.1) is 0 Å². The Morgan fingerprint density at radius 1 is 0.933 bits per heavy atom. The minimum Gasteiger partial charge on any atom is -0.490 e. The smallest absolute Gasteiger partial charge is 0.235 e. The molecule has 0 bridgehead atoms. The highest BCUT2D eigenvalue weighted by atomic mass is 16.5. The summed E-state index contributed by atoms with van der Waals surface area (Å²) in [6.07, 6.45) is 0. The first kappa shape index (κ1) is 19.3. The summed E-state index contributed by atoms with van der Waals surface area (Å²) in [5, 5.41) is 2.98. The van der Waals surface area contributed by atoms with Gasteiger partial charge in [-0.1, -0.05) is 30.3 Å². The van der Waals surface area contributed by atoms with E-state index in [1.807, 2.05) is 48.5 Å². The van der Waals surface area contributed by atoms with Gasteiger partial charge in [0.05, 0.1) is 12.5 Å². The van der Waals surface area contributed by atoms with Gasteiger partial charge in [0.25, 0.3) is 0 Å². The molecule has 0 aliphatic heterocycles. The van der Waals surface area contributed by atoms with Crippen molar-refractivity contribution < 1.29 is 18.7 Å². The number of anilines is 1. The summed E-state index contributed by atoms with van der Waals surface area (Å²) in [6, 6.07) is 21.5. The molecule has 0 unspecified atom stereocenters. The van der Waals surface area contributed by atoms with E-state index in [9.17, 15) is 9.59 Å². The summed E-state index contributed by atoms with van der Waals surface area (Å²) in [7, 11) is 1.42. The van der Waals surface area contributed by atoms with E-state index in [-0.39, 0.29) is 17.1 Å². The number of ether oxygens (including phenoxy) is 2. The standard InChI is InChI=1S/C24H19NO5/c1-15(26)25-17-11-12-21-20(14-17)22(27)24(28-2)23(30-21)16-7-6-10-19(13-16)29-18-8-4-3-5-9-18/h3-14H,1-2H3,(H,25,26). The van der Waals surface area contributed by atoms with Crippen LogP contribution in [-0.4, -0.2) is 13.0 Å². The van der Waals surface area contributed by atoms with Crippen molar-refractivity contribution in [1.29, 1.82) is 0 Å². The van der Waals surface area contributed by atoms with Crippen molar-refractivity contribution in [3.05, 3.63) is 83.0 Å². The third-order valence-corrected chi connectivity index (χ3v) is 4.45. The van der Waals surface area contributed by atoms with E-state index in [1.165, 1.54) is 14.0 Å². The lowest BCUT2D eigenvalue weighted by molar-refractivity contribution is -0.114. The van der Waals surface area contributed by atoms with Crippen LogP contribution in [-0.2, 0) is 4.79 Å². The lowest BCUT2D eigenvalue weighted by Crippen LogP contribution is -2.09. The molecule has 0 fully saturated rings. The number of rotatable bonds is 5. The van der Waals surface area contributed by atoms with E-state index in [1.54, 1.807) is 24.3 Å². The lowest BCUT2D eigenvalue weighted by atomic mass is 10.1. The summed E-state index contributed by atoms with van der Waals surface area (Å²) in [4.78, 5) is 24.3. The number of benzene rings is 3. The predicted molar refractivity (Wildman–Crippen MR) is 115 cm³/mol. The Kier molecular flexibility index (Phi) is 5.22. The average Bonchev–Trinajstić information content (AvgIpc) is 2.74. The quantitative estimate of drug-likeness (QED) is 0.496. The fourth-order valence-corrected chi connectivity index (χ4v) is 3.16. The van der Waals surface area contributed by atoms with Gasteiger partial charge in [-0.2, -0.15) is 0 Å². The number of fused-ring (bicyclic) bond motifs is 1. The number of carbonyl (C=O) groups excluding carboxylic acids is 1. The molecule has 4 rings (SSSR count). The Morgan fingerprint density at radius 2 is 1.70 bits per heavy atom. The fourth-order valence-electron chi connectivity index (χ4n) is 3.16. The van der Waals surface area contributed by atoms with E-state index in [4.69, 9.17) is 13.9 Å². The van der Waals surface area contributed by atoms with E-state index in [0.717, 1.165) is 0 Å². The fraction of sp³-hybridized carbons (Fsp3) is 0.0833. The zero-order valence-corrected chi connectivity index (χ0v) is 16.5. The van der Waals surface area contributed by atoms with Crippen molar-refractivity contribution in [2.75, 3.05) is 12.4 Å². The highest BCUT2D eigenvalue weighted by Gasteiger charge is 2.18. The van der Waals surface area contributed by atoms with Crippen LogP contribution in [0.1, 0.15) is 6.92 Å². The topological polar surface area (TPSA) is 77.8 Å². The summed E-state index contributed by atoms with van der Waals surface area (Å²) >= 11 is 0. The van der Waals surface area contributed by atoms with Gasteiger partial charge in [-0.25, -0.2) is 0 Å². The molecule has 0 aliphatic rings. The molecule has 3 aromatic carbocycles. The Morgan fingerprint density at radius 3 is 2.43 bits per heavy atom. The molecule has 1 amide bonds. The molecule has 0 spiro atoms. The molecule has 0 aliphatic carbocycles. The van der Waals surface area contributed by atoms with Crippen LogP contribution in [0.5, 0.6) is 17.2 Å². The zero-order chi connectivity index (χ0) is 21.1. The molecule has 0 atom stereocenters. The van der Waals surface area contributed by atoms with E-state index in [2.05, 4.69) is 5.32 Å². The van der Waals surface area contributed by atoms with Crippen LogP contribution in [0.4, 0.5) is 5.69 Å². The highest BCUT2D eigenvalue weighted by Crippen LogP contribution is 2.34. The van der Waals surface area contributed by atoms with E-state index in [0.29, 0.717) is 39.5 Å². The molecule has 6 nitrogen and oxygen atoms in total. The number of hydrogen-bond donors (Lipinski definition) is 1. The van der Waals surface area contributed by atoms with Gasteiger partial charge < -0.3 is 19.2 Å². The maximum Gasteiger partial charge on any atom is 0.235 e. The van der Waals surface area contributed by atoms with Gasteiger partial charge in [0, 0.05) is 18.2 Å². The number of methoxy groups -OCH3 is 1. The van der Waals surface area contributed by atoms with Crippen LogP contribution in [0.15, 0.2) is 82.0 Å². The van der Waals surface area contributed by atoms with Crippen LogP contribution in [0.3, 0.4) is 0 Å². The minimum atomic E-state index is -0.324. The first-order valence-corrected chi connectivity index (χ1v) is 9.31. The number of para-hydroxylation sites is 1. The molecular formula is C24H19NO5. The highest BCUT2D eigenvalue weighted by molar-refractivity contribution is 5.92. The molecule has 6 heteroatoms. The second-order valence-corrected chi connectivity index (χ2v) is 6.63. The Bertz CT molecular complexity index is 1280. The number of hydrogen-bond acceptors (Lipinski definition) is 5. The van der Waals surface area contributed by atoms with Gasteiger partial charge in [0.2, 0.25) is 17.1 Å². The van der Waals surface area contributed by atoms with Gasteiger partial charge in [0.15, 0.2) is 5.76 Å². The summed E-state index contributed by atoms with van der Waals surface area (Å²) in [5.74, 6) is 1.47. The minimum absolute atomic E-state index is 0.0827. The first-order chi connectivity index (χ1) is 14.5. The molecule has 1 heterocycles. The van der Waals surface area contributed by atoms with E-state index < -0.39 is 0 Å². The second-order valence-electron chi connectivity index (χ2n) is 6.63. The van der Waals surface area contributed by atoms with Crippen LogP contribution >= 0.6 is 0 Å². The van der Waals surface area contributed by atoms with Crippen LogP contribution in [0.2, 0.25) is 0 Å². The van der Waals surface area contributed by atoms with Crippen LogP contribution < -0.4 is 20.2 Å². The van der Waals surface area contributed by atoms with Gasteiger partial charge in [-0.15, -0.1) is 0 Å². The summed E-state index contributed by atoms with van der Waals surface area (Å²) in [6.45, 7) is 1.40. The van der Waals surface area contributed by atoms with Crippen molar-refractivity contribution in [2.45, 2.75) is 6.92 Å². The van der Waals surface area contributed by atoms with Gasteiger partial charge >= 0.3 is 0 Å². The second kappa shape index (κ2) is 8.13. The van der Waals surface area contributed by atoms with Crippen molar-refractivity contribution in [3.63, 3.8) is 0 Å². The number of amides is 1. The Hall–Kier alpha value is -4.06.